The fraction of sp³-hybridized carbons (Fsp3) is 0.594. The molecule has 0 atom stereocenters. The maximum atomic E-state index is 12.1. The van der Waals surface area contributed by atoms with E-state index in [0.717, 1.165) is 139 Å². The lowest BCUT2D eigenvalue weighted by atomic mass is 10.0. The van der Waals surface area contributed by atoms with Crippen molar-refractivity contribution in [2.75, 3.05) is 112 Å². The van der Waals surface area contributed by atoms with Crippen LogP contribution in [-0.4, -0.2) is 161 Å². The molecule has 2 fully saturated rings. The number of likely N-dealkylation sites (tertiary alicyclic amines) is 1. The van der Waals surface area contributed by atoms with E-state index in [4.69, 9.17) is 0 Å². The van der Waals surface area contributed by atoms with Crippen molar-refractivity contribution < 1.29 is 19.2 Å². The van der Waals surface area contributed by atoms with Crippen LogP contribution in [0.4, 0.5) is 0 Å². The van der Waals surface area contributed by atoms with E-state index < -0.39 is 0 Å². The van der Waals surface area contributed by atoms with Gasteiger partial charge in [0.15, 0.2) is 0 Å². The molecule has 0 radical (unpaired) electrons. The number of nitrogens with one attached hydrogen (secondary N) is 5. The van der Waals surface area contributed by atoms with Gasteiger partial charge in [-0.05, 0) is 199 Å². The number of amides is 4. The highest BCUT2D eigenvalue weighted by atomic mass is 16.2. The number of hydrogen-bond donors (Lipinski definition) is 5. The summed E-state index contributed by atoms with van der Waals surface area (Å²) in [7, 11) is 2.17. The van der Waals surface area contributed by atoms with E-state index in [1.807, 2.05) is 97.1 Å². The van der Waals surface area contributed by atoms with Crippen LogP contribution < -0.4 is 26.6 Å². The van der Waals surface area contributed by atoms with Gasteiger partial charge in [-0.15, -0.1) is 0 Å². The number of unbranched alkanes of at least 4 members (excludes halogenated alkanes) is 1. The SMILES string of the molecule is CC(C)NCCCNC(=O)c1ccc(C(C)C)cc1.CC(C)c1ccc(C(=O)NCCCN2CCCC2)cc1.CC(C)c1ccc(C(=O)NCCCN2CCN(C)CC2)cc1.CCN(CC)CCCCNC(=O)c1ccc(C(C)C)cc1. The third kappa shape index (κ3) is 29.2. The molecular weight excluding hydrogens is 1020 g/mol. The summed E-state index contributed by atoms with van der Waals surface area (Å²) < 4.78 is 0. The van der Waals surface area contributed by atoms with Gasteiger partial charge in [-0.25, -0.2) is 0 Å². The molecule has 82 heavy (non-hydrogen) atoms. The summed E-state index contributed by atoms with van der Waals surface area (Å²) in [6, 6.07) is 32.1. The Hall–Kier alpha value is -5.44. The van der Waals surface area contributed by atoms with Crippen LogP contribution in [0.25, 0.3) is 0 Å². The number of carbonyl (C=O) groups is 4. The van der Waals surface area contributed by atoms with Crippen LogP contribution in [0.5, 0.6) is 0 Å². The molecule has 4 aromatic carbocycles. The number of likely N-dealkylation sites (N-methyl/N-ethyl adjacent to an activating group) is 1. The third-order valence-corrected chi connectivity index (χ3v) is 15.3. The second-order valence-corrected chi connectivity index (χ2v) is 23.7. The second kappa shape index (κ2) is 40.7. The minimum Gasteiger partial charge on any atom is -0.352 e. The summed E-state index contributed by atoms with van der Waals surface area (Å²) >= 11 is 0. The van der Waals surface area contributed by atoms with Crippen molar-refractivity contribution in [2.45, 2.75) is 158 Å². The molecule has 4 amide bonds. The van der Waals surface area contributed by atoms with Crippen LogP contribution in [0.3, 0.4) is 0 Å². The van der Waals surface area contributed by atoms with Gasteiger partial charge in [0.2, 0.25) is 0 Å². The van der Waals surface area contributed by atoms with Crippen LogP contribution in [0, 0.1) is 0 Å². The van der Waals surface area contributed by atoms with Crippen LogP contribution in [0.15, 0.2) is 97.1 Å². The van der Waals surface area contributed by atoms with Crippen molar-refractivity contribution in [2.24, 2.45) is 0 Å². The van der Waals surface area contributed by atoms with E-state index in [-0.39, 0.29) is 23.6 Å². The molecule has 2 saturated heterocycles. The summed E-state index contributed by atoms with van der Waals surface area (Å²) in [6.45, 7) is 42.3. The molecule has 456 valence electrons. The van der Waals surface area contributed by atoms with Crippen LogP contribution >= 0.6 is 0 Å². The Morgan fingerprint density at radius 3 is 1.01 bits per heavy atom. The summed E-state index contributed by atoms with van der Waals surface area (Å²) in [5.41, 5.74) is 8.08. The lowest BCUT2D eigenvalue weighted by molar-refractivity contribution is 0.0942. The van der Waals surface area contributed by atoms with E-state index in [0.29, 0.717) is 36.3 Å². The normalized spacial score (nSPS) is 13.8. The van der Waals surface area contributed by atoms with Crippen LogP contribution in [0.1, 0.15) is 215 Å². The quantitative estimate of drug-likeness (QED) is 0.0352. The Bertz CT molecular complexity index is 2330. The number of piperazine rings is 1. The first-order valence-electron chi connectivity index (χ1n) is 31.4. The third-order valence-electron chi connectivity index (χ3n) is 15.3. The Kier molecular flexibility index (Phi) is 35.2. The van der Waals surface area contributed by atoms with Crippen molar-refractivity contribution >= 4 is 23.6 Å². The Balaban J connectivity index is 0.000000287. The number of nitrogens with zero attached hydrogens (tertiary/aromatic N) is 4. The maximum absolute atomic E-state index is 12.1. The second-order valence-electron chi connectivity index (χ2n) is 23.7. The van der Waals surface area contributed by atoms with Gasteiger partial charge < -0.3 is 46.2 Å². The summed E-state index contributed by atoms with van der Waals surface area (Å²) in [5, 5.41) is 15.3. The van der Waals surface area contributed by atoms with Gasteiger partial charge in [0.1, 0.15) is 0 Å². The van der Waals surface area contributed by atoms with Gasteiger partial charge in [0.05, 0.1) is 0 Å². The van der Waals surface area contributed by atoms with Gasteiger partial charge in [-0.2, -0.15) is 0 Å². The Morgan fingerprint density at radius 2 is 0.707 bits per heavy atom. The first-order valence-corrected chi connectivity index (χ1v) is 31.4. The predicted molar refractivity (Wildman–Crippen MR) is 345 cm³/mol. The first-order chi connectivity index (χ1) is 39.3. The number of rotatable bonds is 28. The number of benzene rings is 4. The predicted octanol–water partition coefficient (Wildman–Crippen LogP) is 11.8. The summed E-state index contributed by atoms with van der Waals surface area (Å²) in [4.78, 5) is 57.7. The van der Waals surface area contributed by atoms with Crippen molar-refractivity contribution in [1.29, 1.82) is 0 Å². The van der Waals surface area contributed by atoms with Gasteiger partial charge in [-0.1, -0.05) is 132 Å². The largest absolute Gasteiger partial charge is 0.352 e. The van der Waals surface area contributed by atoms with E-state index in [1.54, 1.807) is 0 Å². The van der Waals surface area contributed by atoms with Crippen molar-refractivity contribution in [3.05, 3.63) is 142 Å². The highest BCUT2D eigenvalue weighted by Crippen LogP contribution is 2.18. The molecule has 0 saturated carbocycles. The van der Waals surface area contributed by atoms with Gasteiger partial charge in [-0.3, -0.25) is 19.2 Å². The molecule has 5 N–H and O–H groups in total. The highest BCUT2D eigenvalue weighted by molar-refractivity contribution is 5.95. The molecule has 0 unspecified atom stereocenters. The first kappa shape index (κ1) is 70.8. The number of hydrogen-bond acceptors (Lipinski definition) is 9. The van der Waals surface area contributed by atoms with Crippen molar-refractivity contribution in [3.63, 3.8) is 0 Å². The summed E-state index contributed by atoms with van der Waals surface area (Å²) in [6.07, 6.45) is 7.83. The topological polar surface area (TPSA) is 141 Å². The molecule has 0 aromatic heterocycles. The fourth-order valence-electron chi connectivity index (χ4n) is 9.46. The standard InChI is InChI=1S/C18H29N3O.C18H30N2O.C17H26N2O.C16H26N2O/c1-15(2)16-5-7-17(8-6-16)18(22)19-9-4-10-21-13-11-20(3)12-14-21;1-5-20(6-2)14-8-7-13-19-18(21)17-11-9-16(10-12-17)15(3)4;1-14(2)15-6-8-16(9-7-15)17(20)18-10-5-13-19-11-3-4-12-19;1-12(2)14-6-8-15(9-7-14)16(19)18-11-5-10-17-13(3)4/h5-8,15H,4,9-14H2,1-3H3,(H,19,22);9-12,15H,5-8,13-14H2,1-4H3,(H,19,21);6-9,14H,3-5,10-13H2,1-2H3,(H,18,20);6-9,12-13,17H,5,10-11H2,1-4H3,(H,18,19). The Labute approximate surface area is 497 Å². The van der Waals surface area contributed by atoms with E-state index >= 15 is 0 Å². The fourth-order valence-corrected chi connectivity index (χ4v) is 9.46. The number of carbonyl (C=O) groups excluding carboxylic acids is 4. The van der Waals surface area contributed by atoms with Crippen LogP contribution in [-0.2, 0) is 0 Å². The maximum Gasteiger partial charge on any atom is 0.251 e. The van der Waals surface area contributed by atoms with Crippen molar-refractivity contribution in [3.8, 4) is 0 Å². The minimum atomic E-state index is 0.0138. The van der Waals surface area contributed by atoms with E-state index in [1.165, 1.54) is 48.2 Å². The lowest BCUT2D eigenvalue weighted by Gasteiger charge is -2.32. The highest BCUT2D eigenvalue weighted by Gasteiger charge is 2.15. The Morgan fingerprint density at radius 1 is 0.402 bits per heavy atom. The zero-order chi connectivity index (χ0) is 60.2. The van der Waals surface area contributed by atoms with Gasteiger partial charge >= 0.3 is 0 Å². The smallest absolute Gasteiger partial charge is 0.251 e. The van der Waals surface area contributed by atoms with E-state index in [9.17, 15) is 19.2 Å². The van der Waals surface area contributed by atoms with Gasteiger partial charge in [0, 0.05) is 80.7 Å². The van der Waals surface area contributed by atoms with E-state index in [2.05, 4.69) is 136 Å². The molecule has 2 aliphatic rings. The molecule has 6 rings (SSSR count). The zero-order valence-corrected chi connectivity index (χ0v) is 53.3. The molecule has 4 aromatic rings. The monoisotopic (exact) mass is 1130 g/mol. The average Bonchev–Trinajstić information content (AvgIpc) is 4.01. The molecule has 0 spiro atoms. The molecule has 0 aliphatic carbocycles. The minimum absolute atomic E-state index is 0.0138. The molecule has 2 heterocycles. The molecule has 13 heteroatoms. The lowest BCUT2D eigenvalue weighted by Crippen LogP contribution is -2.45. The summed E-state index contributed by atoms with van der Waals surface area (Å²) in [5.74, 6) is 2.14. The molecule has 0 bridgehead atoms. The average molecular weight is 1130 g/mol. The zero-order valence-electron chi connectivity index (χ0n) is 53.3. The van der Waals surface area contributed by atoms with Crippen molar-refractivity contribution in [1.82, 2.24) is 46.2 Å². The van der Waals surface area contributed by atoms with Gasteiger partial charge in [0.25, 0.3) is 23.6 Å². The molecule has 13 nitrogen and oxygen atoms in total. The van der Waals surface area contributed by atoms with Crippen LogP contribution in [0.2, 0.25) is 0 Å². The molecular formula is C69H111N9O4. The molecule has 2 aliphatic heterocycles.